The number of nitrogens with one attached hydrogen (secondary N) is 2. The first kappa shape index (κ1) is 20.8. The number of H-pyrrole nitrogens is 1. The van der Waals surface area contributed by atoms with Crippen molar-refractivity contribution in [1.29, 1.82) is 0 Å². The first-order chi connectivity index (χ1) is 15.1. The summed E-state index contributed by atoms with van der Waals surface area (Å²) in [6.45, 7) is 2.42. The van der Waals surface area contributed by atoms with Crippen molar-refractivity contribution in [2.45, 2.75) is 18.5 Å². The van der Waals surface area contributed by atoms with E-state index >= 15 is 0 Å². The Morgan fingerprint density at radius 2 is 1.97 bits per heavy atom. The SMILES string of the molecule is COc1cccc(-c2nc(SCC(=O)NCc3ccco3)c(-c3ccc(C)cc3)[nH]2)c1. The fourth-order valence-electron chi connectivity index (χ4n) is 3.07. The summed E-state index contributed by atoms with van der Waals surface area (Å²) in [4.78, 5) is 20.6. The Labute approximate surface area is 185 Å². The van der Waals surface area contributed by atoms with Gasteiger partial charge >= 0.3 is 0 Å². The molecule has 4 aromatic rings. The monoisotopic (exact) mass is 433 g/mol. The third-order valence-electron chi connectivity index (χ3n) is 4.73. The van der Waals surface area contributed by atoms with E-state index in [0.717, 1.165) is 39.2 Å². The van der Waals surface area contributed by atoms with Crippen LogP contribution in [0.2, 0.25) is 0 Å². The van der Waals surface area contributed by atoms with E-state index in [1.165, 1.54) is 17.3 Å². The largest absolute Gasteiger partial charge is 0.497 e. The summed E-state index contributed by atoms with van der Waals surface area (Å²) in [6.07, 6.45) is 1.59. The number of thioether (sulfide) groups is 1. The Morgan fingerprint density at radius 3 is 2.71 bits per heavy atom. The van der Waals surface area contributed by atoms with Gasteiger partial charge in [-0.15, -0.1) is 0 Å². The van der Waals surface area contributed by atoms with E-state index in [4.69, 9.17) is 14.1 Å². The Hall–Kier alpha value is -3.45. The highest BCUT2D eigenvalue weighted by Gasteiger charge is 2.16. The third kappa shape index (κ3) is 5.19. The Balaban J connectivity index is 1.56. The first-order valence-corrected chi connectivity index (χ1v) is 10.8. The van der Waals surface area contributed by atoms with Gasteiger partial charge in [-0.25, -0.2) is 4.98 Å². The molecule has 0 bridgehead atoms. The molecule has 158 valence electrons. The van der Waals surface area contributed by atoms with Crippen molar-refractivity contribution in [3.8, 4) is 28.4 Å². The maximum Gasteiger partial charge on any atom is 0.230 e. The van der Waals surface area contributed by atoms with Crippen LogP contribution in [0.1, 0.15) is 11.3 Å². The lowest BCUT2D eigenvalue weighted by Crippen LogP contribution is -2.24. The molecule has 6 nitrogen and oxygen atoms in total. The number of furan rings is 1. The number of hydrogen-bond donors (Lipinski definition) is 2. The number of methoxy groups -OCH3 is 1. The molecule has 0 unspecified atom stereocenters. The lowest BCUT2D eigenvalue weighted by Gasteiger charge is -2.04. The molecule has 2 aromatic heterocycles. The number of aromatic nitrogens is 2. The Morgan fingerprint density at radius 1 is 1.13 bits per heavy atom. The number of imidazole rings is 1. The van der Waals surface area contributed by atoms with Gasteiger partial charge in [0.15, 0.2) is 0 Å². The summed E-state index contributed by atoms with van der Waals surface area (Å²) < 4.78 is 10.6. The van der Waals surface area contributed by atoms with Crippen molar-refractivity contribution in [3.63, 3.8) is 0 Å². The number of aromatic amines is 1. The highest BCUT2D eigenvalue weighted by Crippen LogP contribution is 2.33. The zero-order valence-electron chi connectivity index (χ0n) is 17.3. The van der Waals surface area contributed by atoms with Crippen molar-refractivity contribution >= 4 is 17.7 Å². The Bertz CT molecular complexity index is 1150. The number of rotatable bonds is 8. The van der Waals surface area contributed by atoms with E-state index in [2.05, 4.69) is 41.5 Å². The fourth-order valence-corrected chi connectivity index (χ4v) is 3.91. The number of hydrogen-bond acceptors (Lipinski definition) is 5. The van der Waals surface area contributed by atoms with Crippen molar-refractivity contribution in [3.05, 3.63) is 78.3 Å². The average molecular weight is 434 g/mol. The number of carbonyl (C=O) groups excluding carboxylic acids is 1. The topological polar surface area (TPSA) is 80.2 Å². The normalized spacial score (nSPS) is 10.8. The molecule has 31 heavy (non-hydrogen) atoms. The number of aryl methyl sites for hydroxylation is 1. The van der Waals surface area contributed by atoms with Crippen molar-refractivity contribution in [2.75, 3.05) is 12.9 Å². The van der Waals surface area contributed by atoms with Crippen LogP contribution in [0.4, 0.5) is 0 Å². The molecule has 7 heteroatoms. The second-order valence-electron chi connectivity index (χ2n) is 7.01. The highest BCUT2D eigenvalue weighted by molar-refractivity contribution is 8.00. The number of amides is 1. The zero-order valence-corrected chi connectivity index (χ0v) is 18.2. The Kier molecular flexibility index (Phi) is 6.43. The van der Waals surface area contributed by atoms with Crippen LogP contribution in [-0.2, 0) is 11.3 Å². The lowest BCUT2D eigenvalue weighted by atomic mass is 10.1. The first-order valence-electron chi connectivity index (χ1n) is 9.86. The van der Waals surface area contributed by atoms with E-state index in [1.807, 2.05) is 30.3 Å². The minimum atomic E-state index is -0.0813. The van der Waals surface area contributed by atoms with Gasteiger partial charge in [-0.2, -0.15) is 0 Å². The van der Waals surface area contributed by atoms with Gasteiger partial charge in [-0.05, 0) is 31.2 Å². The second kappa shape index (κ2) is 9.57. The van der Waals surface area contributed by atoms with Gasteiger partial charge in [0.1, 0.15) is 22.4 Å². The molecule has 0 atom stereocenters. The summed E-state index contributed by atoms with van der Waals surface area (Å²) in [6, 6.07) is 19.6. The van der Waals surface area contributed by atoms with Crippen molar-refractivity contribution in [1.82, 2.24) is 15.3 Å². The van der Waals surface area contributed by atoms with E-state index < -0.39 is 0 Å². The van der Waals surface area contributed by atoms with Crippen LogP contribution in [0.5, 0.6) is 5.75 Å². The van der Waals surface area contributed by atoms with Crippen molar-refractivity contribution < 1.29 is 13.9 Å². The van der Waals surface area contributed by atoms with Gasteiger partial charge < -0.3 is 19.5 Å². The molecule has 0 aliphatic carbocycles. The summed E-state index contributed by atoms with van der Waals surface area (Å²) in [5.74, 6) is 2.38. The van der Waals surface area contributed by atoms with Gasteiger partial charge in [0.2, 0.25) is 5.91 Å². The quantitative estimate of drug-likeness (QED) is 0.380. The van der Waals surface area contributed by atoms with E-state index in [9.17, 15) is 4.79 Å². The number of benzene rings is 2. The fraction of sp³-hybridized carbons (Fsp3) is 0.167. The predicted molar refractivity (Wildman–Crippen MR) is 122 cm³/mol. The molecule has 0 spiro atoms. The standard InChI is InChI=1S/C24H23N3O3S/c1-16-8-10-17(11-9-16)22-24(31-15-21(28)25-14-20-7-4-12-30-20)27-23(26-22)18-5-3-6-19(13-18)29-2/h3-13H,14-15H2,1-2H3,(H,25,28)(H,26,27). The van der Waals surface area contributed by atoms with Crippen LogP contribution in [-0.4, -0.2) is 28.7 Å². The van der Waals surface area contributed by atoms with Crippen LogP contribution in [0.3, 0.4) is 0 Å². The molecule has 0 aliphatic heterocycles. The van der Waals surface area contributed by atoms with Crippen LogP contribution in [0.25, 0.3) is 22.6 Å². The van der Waals surface area contributed by atoms with Crippen LogP contribution in [0, 0.1) is 6.92 Å². The van der Waals surface area contributed by atoms with Crippen LogP contribution >= 0.6 is 11.8 Å². The smallest absolute Gasteiger partial charge is 0.230 e. The summed E-state index contributed by atoms with van der Waals surface area (Å²) >= 11 is 1.40. The predicted octanol–water partition coefficient (Wildman–Crippen LogP) is 5.06. The number of nitrogens with zero attached hydrogens (tertiary/aromatic N) is 1. The van der Waals surface area contributed by atoms with Gasteiger partial charge in [-0.1, -0.05) is 53.7 Å². The van der Waals surface area contributed by atoms with E-state index in [1.54, 1.807) is 19.4 Å². The summed E-state index contributed by atoms with van der Waals surface area (Å²) in [5, 5.41) is 3.64. The molecule has 0 radical (unpaired) electrons. The lowest BCUT2D eigenvalue weighted by molar-refractivity contribution is -0.118. The molecule has 1 amide bonds. The number of ether oxygens (including phenoxy) is 1. The minimum absolute atomic E-state index is 0.0813. The van der Waals surface area contributed by atoms with E-state index in [-0.39, 0.29) is 11.7 Å². The van der Waals surface area contributed by atoms with Gasteiger partial charge in [0.25, 0.3) is 0 Å². The molecular formula is C24H23N3O3S. The maximum atomic E-state index is 12.3. The minimum Gasteiger partial charge on any atom is -0.497 e. The highest BCUT2D eigenvalue weighted by atomic mass is 32.2. The summed E-state index contributed by atoms with van der Waals surface area (Å²) in [5.41, 5.74) is 4.01. The summed E-state index contributed by atoms with van der Waals surface area (Å²) in [7, 11) is 1.64. The molecule has 0 fully saturated rings. The van der Waals surface area contributed by atoms with Gasteiger partial charge in [0.05, 0.1) is 31.4 Å². The van der Waals surface area contributed by atoms with Crippen molar-refractivity contribution in [2.24, 2.45) is 0 Å². The van der Waals surface area contributed by atoms with Crippen LogP contribution in [0.15, 0.2) is 76.4 Å². The van der Waals surface area contributed by atoms with Gasteiger partial charge in [-0.3, -0.25) is 4.79 Å². The average Bonchev–Trinajstić information content (AvgIpc) is 3.47. The van der Waals surface area contributed by atoms with E-state index in [0.29, 0.717) is 6.54 Å². The van der Waals surface area contributed by atoms with Crippen LogP contribution < -0.4 is 10.1 Å². The van der Waals surface area contributed by atoms with Gasteiger partial charge in [0, 0.05) is 11.1 Å². The second-order valence-corrected chi connectivity index (χ2v) is 7.97. The molecule has 2 heterocycles. The molecule has 4 rings (SSSR count). The molecule has 2 aromatic carbocycles. The number of carbonyl (C=O) groups is 1. The molecular weight excluding hydrogens is 410 g/mol. The third-order valence-corrected chi connectivity index (χ3v) is 5.71. The maximum absolute atomic E-state index is 12.3. The molecule has 0 saturated carbocycles. The molecule has 0 aliphatic rings. The zero-order chi connectivity index (χ0) is 21.6. The molecule has 2 N–H and O–H groups in total. The molecule has 0 saturated heterocycles.